The number of nitrogens with one attached hydrogen (secondary N) is 3. The predicted octanol–water partition coefficient (Wildman–Crippen LogP) is 3.23. The molecular weight excluding hydrogens is 290 g/mol. The van der Waals surface area contributed by atoms with Crippen molar-refractivity contribution in [3.8, 4) is 0 Å². The van der Waals surface area contributed by atoms with Crippen molar-refractivity contribution >= 4 is 34.1 Å². The van der Waals surface area contributed by atoms with Gasteiger partial charge in [-0.15, -0.1) is 0 Å². The van der Waals surface area contributed by atoms with E-state index in [1.54, 1.807) is 18.3 Å². The average Bonchev–Trinajstić information content (AvgIpc) is 2.91. The molecule has 2 aromatic heterocycles. The average molecular weight is 309 g/mol. The van der Waals surface area contributed by atoms with Crippen molar-refractivity contribution in [1.82, 2.24) is 9.97 Å². The van der Waals surface area contributed by atoms with E-state index in [9.17, 15) is 4.79 Å². The van der Waals surface area contributed by atoms with Crippen LogP contribution in [0, 0.1) is 0 Å². The number of nitrogens with zero attached hydrogens (tertiary/aromatic N) is 1. The summed E-state index contributed by atoms with van der Waals surface area (Å²) in [4.78, 5) is 18.8. The van der Waals surface area contributed by atoms with Crippen LogP contribution in [0.4, 0.5) is 17.3 Å². The van der Waals surface area contributed by atoms with E-state index in [-0.39, 0.29) is 0 Å². The van der Waals surface area contributed by atoms with Gasteiger partial charge >= 0.3 is 0 Å². The molecule has 6 nitrogen and oxygen atoms in total. The molecule has 0 bridgehead atoms. The van der Waals surface area contributed by atoms with Crippen LogP contribution in [-0.2, 0) is 0 Å². The molecule has 0 aliphatic heterocycles. The molecule has 1 aromatic carbocycles. The third kappa shape index (κ3) is 3.26. The fourth-order valence-corrected chi connectivity index (χ4v) is 2.38. The van der Waals surface area contributed by atoms with E-state index in [0.717, 1.165) is 28.2 Å². The standard InChI is InChI=1S/C17H19N5O/c1-10(2)20-17-13-9-15(22-14(13)7-8-19-17)21-12-5-3-11(4-6-12)16(18)23/h3-10,21-22H,1-2H3,(H2,18,23)(H,19,20). The number of aromatic nitrogens is 2. The number of hydrogen-bond acceptors (Lipinski definition) is 4. The molecule has 0 aliphatic carbocycles. The normalized spacial score (nSPS) is 10.9. The van der Waals surface area contributed by atoms with Crippen molar-refractivity contribution < 1.29 is 4.79 Å². The predicted molar refractivity (Wildman–Crippen MR) is 93.1 cm³/mol. The first-order valence-electron chi connectivity index (χ1n) is 7.44. The smallest absolute Gasteiger partial charge is 0.248 e. The van der Waals surface area contributed by atoms with E-state index in [1.165, 1.54) is 0 Å². The number of aromatic amines is 1. The van der Waals surface area contributed by atoms with Crippen molar-refractivity contribution in [2.24, 2.45) is 5.73 Å². The number of rotatable bonds is 5. The van der Waals surface area contributed by atoms with Crippen LogP contribution in [0.15, 0.2) is 42.6 Å². The Balaban J connectivity index is 1.87. The van der Waals surface area contributed by atoms with E-state index in [0.29, 0.717) is 11.6 Å². The highest BCUT2D eigenvalue weighted by Crippen LogP contribution is 2.26. The largest absolute Gasteiger partial charge is 0.367 e. The SMILES string of the molecule is CC(C)Nc1nccc2[nH]c(Nc3ccc(C(N)=O)cc3)cc12. The number of fused-ring (bicyclic) bond motifs is 1. The van der Waals surface area contributed by atoms with Gasteiger partial charge < -0.3 is 21.4 Å². The van der Waals surface area contributed by atoms with Crippen LogP contribution in [0.5, 0.6) is 0 Å². The summed E-state index contributed by atoms with van der Waals surface area (Å²) < 4.78 is 0. The highest BCUT2D eigenvalue weighted by molar-refractivity contribution is 5.94. The minimum atomic E-state index is -0.433. The van der Waals surface area contributed by atoms with Gasteiger partial charge in [0.25, 0.3) is 0 Å². The Kier molecular flexibility index (Phi) is 3.89. The highest BCUT2D eigenvalue weighted by atomic mass is 16.1. The summed E-state index contributed by atoms with van der Waals surface area (Å²) >= 11 is 0. The molecular formula is C17H19N5O. The van der Waals surface area contributed by atoms with Crippen molar-refractivity contribution in [3.63, 3.8) is 0 Å². The molecule has 0 saturated carbocycles. The highest BCUT2D eigenvalue weighted by Gasteiger charge is 2.08. The molecule has 0 unspecified atom stereocenters. The molecule has 0 radical (unpaired) electrons. The van der Waals surface area contributed by atoms with Crippen LogP contribution < -0.4 is 16.4 Å². The lowest BCUT2D eigenvalue weighted by Gasteiger charge is -2.09. The number of anilines is 3. The summed E-state index contributed by atoms with van der Waals surface area (Å²) in [6.45, 7) is 4.15. The summed E-state index contributed by atoms with van der Waals surface area (Å²) in [5.41, 5.74) is 7.60. The van der Waals surface area contributed by atoms with Gasteiger partial charge in [-0.05, 0) is 50.2 Å². The topological polar surface area (TPSA) is 95.8 Å². The molecule has 2 heterocycles. The van der Waals surface area contributed by atoms with Gasteiger partial charge in [-0.3, -0.25) is 4.79 Å². The number of H-pyrrole nitrogens is 1. The van der Waals surface area contributed by atoms with E-state index in [4.69, 9.17) is 5.73 Å². The van der Waals surface area contributed by atoms with Gasteiger partial charge in [-0.2, -0.15) is 0 Å². The Morgan fingerprint density at radius 3 is 2.61 bits per heavy atom. The number of amides is 1. The van der Waals surface area contributed by atoms with E-state index in [2.05, 4.69) is 34.4 Å². The Morgan fingerprint density at radius 2 is 1.96 bits per heavy atom. The molecule has 3 aromatic rings. The second kappa shape index (κ2) is 6.00. The Labute approximate surface area is 134 Å². The van der Waals surface area contributed by atoms with E-state index in [1.807, 2.05) is 24.3 Å². The Bertz CT molecular complexity index is 836. The summed E-state index contributed by atoms with van der Waals surface area (Å²) in [6.07, 6.45) is 1.77. The molecule has 0 saturated heterocycles. The quantitative estimate of drug-likeness (QED) is 0.582. The molecule has 23 heavy (non-hydrogen) atoms. The van der Waals surface area contributed by atoms with Gasteiger partial charge in [-0.1, -0.05) is 0 Å². The van der Waals surface area contributed by atoms with Crippen molar-refractivity contribution in [1.29, 1.82) is 0 Å². The monoisotopic (exact) mass is 309 g/mol. The lowest BCUT2D eigenvalue weighted by Crippen LogP contribution is -2.10. The number of primary amides is 1. The number of pyridine rings is 1. The molecule has 0 fully saturated rings. The molecule has 6 heteroatoms. The van der Waals surface area contributed by atoms with Crippen LogP contribution in [0.2, 0.25) is 0 Å². The van der Waals surface area contributed by atoms with Crippen LogP contribution in [0.25, 0.3) is 10.9 Å². The second-order valence-corrected chi connectivity index (χ2v) is 5.67. The Hall–Kier alpha value is -3.02. The van der Waals surface area contributed by atoms with Crippen molar-refractivity contribution in [2.75, 3.05) is 10.6 Å². The molecule has 3 rings (SSSR count). The molecule has 118 valence electrons. The second-order valence-electron chi connectivity index (χ2n) is 5.67. The number of hydrogen-bond donors (Lipinski definition) is 4. The molecule has 0 atom stereocenters. The maximum atomic E-state index is 11.1. The fraction of sp³-hybridized carbons (Fsp3) is 0.176. The van der Waals surface area contributed by atoms with Gasteiger partial charge in [0, 0.05) is 28.9 Å². The summed E-state index contributed by atoms with van der Waals surface area (Å²) in [5.74, 6) is 1.27. The summed E-state index contributed by atoms with van der Waals surface area (Å²) in [7, 11) is 0. The first-order chi connectivity index (χ1) is 11.0. The first-order valence-corrected chi connectivity index (χ1v) is 7.44. The minimum Gasteiger partial charge on any atom is -0.367 e. The lowest BCUT2D eigenvalue weighted by atomic mass is 10.2. The van der Waals surface area contributed by atoms with E-state index >= 15 is 0 Å². The van der Waals surface area contributed by atoms with Crippen LogP contribution >= 0.6 is 0 Å². The minimum absolute atomic E-state index is 0.306. The summed E-state index contributed by atoms with van der Waals surface area (Å²) in [6, 6.07) is 11.3. The molecule has 0 aliphatic rings. The fourth-order valence-electron chi connectivity index (χ4n) is 2.38. The maximum Gasteiger partial charge on any atom is 0.248 e. The lowest BCUT2D eigenvalue weighted by molar-refractivity contribution is 0.100. The van der Waals surface area contributed by atoms with Gasteiger partial charge in [0.15, 0.2) is 0 Å². The van der Waals surface area contributed by atoms with Crippen LogP contribution in [0.3, 0.4) is 0 Å². The maximum absolute atomic E-state index is 11.1. The third-order valence-corrected chi connectivity index (χ3v) is 3.42. The van der Waals surface area contributed by atoms with E-state index < -0.39 is 5.91 Å². The van der Waals surface area contributed by atoms with Crippen molar-refractivity contribution in [2.45, 2.75) is 19.9 Å². The molecule has 5 N–H and O–H groups in total. The first kappa shape index (κ1) is 14.9. The molecule has 1 amide bonds. The van der Waals surface area contributed by atoms with Gasteiger partial charge in [-0.25, -0.2) is 4.98 Å². The third-order valence-electron chi connectivity index (χ3n) is 3.42. The summed E-state index contributed by atoms with van der Waals surface area (Å²) in [5, 5.41) is 7.64. The number of carbonyl (C=O) groups is 1. The zero-order chi connectivity index (χ0) is 16.4. The number of carbonyl (C=O) groups excluding carboxylic acids is 1. The Morgan fingerprint density at radius 1 is 1.22 bits per heavy atom. The zero-order valence-electron chi connectivity index (χ0n) is 13.1. The number of nitrogens with two attached hydrogens (primary N) is 1. The van der Waals surface area contributed by atoms with Crippen LogP contribution in [0.1, 0.15) is 24.2 Å². The van der Waals surface area contributed by atoms with Crippen LogP contribution in [-0.4, -0.2) is 21.9 Å². The zero-order valence-corrected chi connectivity index (χ0v) is 13.1. The number of benzene rings is 1. The van der Waals surface area contributed by atoms with Crippen molar-refractivity contribution in [3.05, 3.63) is 48.2 Å². The van der Waals surface area contributed by atoms with Gasteiger partial charge in [0.05, 0.1) is 5.52 Å². The molecule has 0 spiro atoms. The van der Waals surface area contributed by atoms with Gasteiger partial charge in [0.1, 0.15) is 11.6 Å². The van der Waals surface area contributed by atoms with Gasteiger partial charge in [0.2, 0.25) is 5.91 Å².